The minimum Gasteiger partial charge on any atom is -0.321 e. The molecule has 1 aliphatic heterocycles. The first-order valence-electron chi connectivity index (χ1n) is 15.6. The number of aryl methyl sites for hydroxylation is 2. The van der Waals surface area contributed by atoms with Gasteiger partial charge in [0.15, 0.2) is 0 Å². The molecular formula is C36H36F3N7O. The number of nitrogens with zero attached hydrogens (tertiary/aromatic N) is 6. The van der Waals surface area contributed by atoms with Crippen LogP contribution in [0.5, 0.6) is 0 Å². The fourth-order valence-corrected chi connectivity index (χ4v) is 6.06. The molecule has 8 nitrogen and oxygen atoms in total. The molecule has 1 aliphatic rings. The van der Waals surface area contributed by atoms with Crippen molar-refractivity contribution in [1.29, 1.82) is 0 Å². The van der Waals surface area contributed by atoms with Gasteiger partial charge in [-0.25, -0.2) is 9.97 Å². The largest absolute Gasteiger partial charge is 0.418 e. The van der Waals surface area contributed by atoms with Crippen molar-refractivity contribution in [3.63, 3.8) is 0 Å². The molecule has 1 unspecified atom stereocenters. The molecule has 242 valence electrons. The van der Waals surface area contributed by atoms with E-state index >= 15 is 0 Å². The van der Waals surface area contributed by atoms with Gasteiger partial charge < -0.3 is 10.2 Å². The maximum atomic E-state index is 14.2. The minimum absolute atomic E-state index is 0.00908. The summed E-state index contributed by atoms with van der Waals surface area (Å²) in [5, 5.41) is 6.98. The summed E-state index contributed by atoms with van der Waals surface area (Å²) in [6, 6.07) is 15.1. The molecule has 5 aromatic rings. The lowest BCUT2D eigenvalue weighted by atomic mass is 9.92. The molecule has 6 rings (SSSR count). The van der Waals surface area contributed by atoms with Crippen molar-refractivity contribution in [1.82, 2.24) is 29.6 Å². The molecule has 11 heteroatoms. The van der Waals surface area contributed by atoms with E-state index in [-0.39, 0.29) is 17.2 Å². The second-order valence-corrected chi connectivity index (χ2v) is 12.2. The van der Waals surface area contributed by atoms with Crippen LogP contribution < -0.4 is 5.32 Å². The Morgan fingerprint density at radius 3 is 2.55 bits per heavy atom. The van der Waals surface area contributed by atoms with E-state index < -0.39 is 17.6 Å². The number of hydrogen-bond acceptors (Lipinski definition) is 6. The standard InChI is InChI=1S/C36H36F3N7O/c1-23-7-8-25(35(47)43-33-10-9-24(18-30(33)36(37,38)39)26-6-4-5-14-45(2)22-26)16-27(23)19-34-41-13-11-31(42-34)28-17-29(21-40-20-28)32-12-15-46(3)44-32/h7-13,15-18,20-21,26H,4-6,14,19,22H2,1-3H3,(H,43,47). The van der Waals surface area contributed by atoms with Crippen molar-refractivity contribution in [3.8, 4) is 22.5 Å². The molecule has 1 amide bonds. The van der Waals surface area contributed by atoms with Crippen molar-refractivity contribution in [2.45, 2.75) is 44.7 Å². The molecule has 2 aromatic carbocycles. The van der Waals surface area contributed by atoms with Crippen molar-refractivity contribution in [3.05, 3.63) is 113 Å². The number of carbonyl (C=O) groups excluding carboxylic acids is 1. The molecule has 0 spiro atoms. The summed E-state index contributed by atoms with van der Waals surface area (Å²) < 4.78 is 44.5. The average Bonchev–Trinajstić information content (AvgIpc) is 3.37. The van der Waals surface area contributed by atoms with Crippen molar-refractivity contribution in [2.75, 3.05) is 25.5 Å². The third-order valence-corrected chi connectivity index (χ3v) is 8.65. The van der Waals surface area contributed by atoms with Crippen LogP contribution in [-0.4, -0.2) is 55.7 Å². The monoisotopic (exact) mass is 639 g/mol. The molecule has 0 radical (unpaired) electrons. The van der Waals surface area contributed by atoms with Crippen LogP contribution in [0, 0.1) is 6.92 Å². The third kappa shape index (κ3) is 7.57. The number of benzene rings is 2. The summed E-state index contributed by atoms with van der Waals surface area (Å²) in [6.45, 7) is 3.55. The Labute approximate surface area is 271 Å². The number of nitrogens with one attached hydrogen (secondary N) is 1. The van der Waals surface area contributed by atoms with Gasteiger partial charge in [0, 0.05) is 61.5 Å². The Morgan fingerprint density at radius 2 is 1.79 bits per heavy atom. The number of aromatic nitrogens is 5. The molecule has 1 saturated heterocycles. The van der Waals surface area contributed by atoms with E-state index in [0.717, 1.165) is 53.8 Å². The lowest BCUT2D eigenvalue weighted by Crippen LogP contribution is -2.23. The van der Waals surface area contributed by atoms with Crippen molar-refractivity contribution >= 4 is 11.6 Å². The number of carbonyl (C=O) groups is 1. The summed E-state index contributed by atoms with van der Waals surface area (Å²) in [4.78, 5) is 29.1. The van der Waals surface area contributed by atoms with Crippen LogP contribution in [0.3, 0.4) is 0 Å². The van der Waals surface area contributed by atoms with Gasteiger partial charge in [0.25, 0.3) is 5.91 Å². The molecule has 0 saturated carbocycles. The maximum absolute atomic E-state index is 14.2. The number of hydrogen-bond donors (Lipinski definition) is 1. The molecule has 1 atom stereocenters. The SMILES string of the molecule is Cc1ccc(C(=O)Nc2ccc(C3CCCCN(C)C3)cc2C(F)(F)F)cc1Cc1nccc(-c2cncc(-c3ccn(C)n3)c2)n1. The summed E-state index contributed by atoms with van der Waals surface area (Å²) in [5.74, 6) is -0.0777. The van der Waals surface area contributed by atoms with Crippen LogP contribution in [0.4, 0.5) is 18.9 Å². The van der Waals surface area contributed by atoms with Gasteiger partial charge >= 0.3 is 6.18 Å². The van der Waals surface area contributed by atoms with E-state index in [0.29, 0.717) is 30.0 Å². The smallest absolute Gasteiger partial charge is 0.321 e. The van der Waals surface area contributed by atoms with Gasteiger partial charge in [-0.1, -0.05) is 18.6 Å². The van der Waals surface area contributed by atoms with Gasteiger partial charge in [-0.3, -0.25) is 14.5 Å². The summed E-state index contributed by atoms with van der Waals surface area (Å²) in [5.41, 5.74) is 4.64. The molecule has 3 aromatic heterocycles. The average molecular weight is 640 g/mol. The molecule has 0 aliphatic carbocycles. The maximum Gasteiger partial charge on any atom is 0.418 e. The van der Waals surface area contributed by atoms with Crippen LogP contribution in [-0.2, 0) is 19.6 Å². The second-order valence-electron chi connectivity index (χ2n) is 12.2. The summed E-state index contributed by atoms with van der Waals surface area (Å²) >= 11 is 0. The number of anilines is 1. The fourth-order valence-electron chi connectivity index (χ4n) is 6.06. The fraction of sp³-hybridized carbons (Fsp3) is 0.306. The van der Waals surface area contributed by atoms with E-state index in [1.54, 1.807) is 53.6 Å². The molecule has 0 bridgehead atoms. The van der Waals surface area contributed by atoms with E-state index in [1.807, 2.05) is 39.3 Å². The van der Waals surface area contributed by atoms with Gasteiger partial charge in [-0.2, -0.15) is 18.3 Å². The number of halogens is 3. The van der Waals surface area contributed by atoms with E-state index in [4.69, 9.17) is 4.98 Å². The van der Waals surface area contributed by atoms with Crippen LogP contribution in [0.15, 0.2) is 79.4 Å². The van der Waals surface area contributed by atoms with Gasteiger partial charge in [-0.15, -0.1) is 0 Å². The highest BCUT2D eigenvalue weighted by Gasteiger charge is 2.35. The number of amides is 1. The van der Waals surface area contributed by atoms with E-state index in [9.17, 15) is 18.0 Å². The summed E-state index contributed by atoms with van der Waals surface area (Å²) in [7, 11) is 3.85. The van der Waals surface area contributed by atoms with Gasteiger partial charge in [0.1, 0.15) is 5.82 Å². The Kier molecular flexibility index (Phi) is 9.17. The molecule has 1 fully saturated rings. The normalized spacial score (nSPS) is 15.7. The predicted octanol–water partition coefficient (Wildman–Crippen LogP) is 7.31. The lowest BCUT2D eigenvalue weighted by molar-refractivity contribution is -0.137. The zero-order valence-electron chi connectivity index (χ0n) is 26.6. The number of rotatable bonds is 7. The van der Waals surface area contributed by atoms with E-state index in [1.165, 1.54) is 12.1 Å². The van der Waals surface area contributed by atoms with E-state index in [2.05, 4.69) is 25.3 Å². The molecule has 4 heterocycles. The minimum atomic E-state index is -4.62. The van der Waals surface area contributed by atoms with Gasteiger partial charge in [0.2, 0.25) is 0 Å². The predicted molar refractivity (Wildman–Crippen MR) is 175 cm³/mol. The Balaban J connectivity index is 1.21. The van der Waals surface area contributed by atoms with Crippen molar-refractivity contribution < 1.29 is 18.0 Å². The first-order valence-corrected chi connectivity index (χ1v) is 15.6. The Hall–Kier alpha value is -4.90. The summed E-state index contributed by atoms with van der Waals surface area (Å²) in [6.07, 6.45) is 5.55. The number of pyridine rings is 1. The topological polar surface area (TPSA) is 88.8 Å². The quantitative estimate of drug-likeness (QED) is 0.201. The van der Waals surface area contributed by atoms with Crippen LogP contribution in [0.2, 0.25) is 0 Å². The highest BCUT2D eigenvalue weighted by molar-refractivity contribution is 6.05. The van der Waals surface area contributed by atoms with Crippen LogP contribution in [0.1, 0.15) is 63.6 Å². The van der Waals surface area contributed by atoms with Crippen LogP contribution in [0.25, 0.3) is 22.5 Å². The number of likely N-dealkylation sites (N-methyl/N-ethyl adjacent to an activating group) is 1. The zero-order valence-corrected chi connectivity index (χ0v) is 26.6. The molecular weight excluding hydrogens is 603 g/mol. The van der Waals surface area contributed by atoms with Gasteiger partial charge in [-0.05, 0) is 98.4 Å². The number of likely N-dealkylation sites (tertiary alicyclic amines) is 1. The third-order valence-electron chi connectivity index (χ3n) is 8.65. The van der Waals surface area contributed by atoms with Crippen LogP contribution >= 0.6 is 0 Å². The van der Waals surface area contributed by atoms with Crippen molar-refractivity contribution in [2.24, 2.45) is 7.05 Å². The Bertz CT molecular complexity index is 1900. The number of alkyl halides is 3. The van der Waals surface area contributed by atoms with Gasteiger partial charge in [0.05, 0.1) is 22.6 Å². The first-order chi connectivity index (χ1) is 22.5. The second kappa shape index (κ2) is 13.4. The zero-order chi connectivity index (χ0) is 33.1. The molecule has 1 N–H and O–H groups in total. The highest BCUT2D eigenvalue weighted by Crippen LogP contribution is 2.38. The molecule has 47 heavy (non-hydrogen) atoms. The Morgan fingerprint density at radius 1 is 0.979 bits per heavy atom. The highest BCUT2D eigenvalue weighted by atomic mass is 19.4. The lowest BCUT2D eigenvalue weighted by Gasteiger charge is -2.22. The first kappa shape index (κ1) is 32.1.